The lowest BCUT2D eigenvalue weighted by Crippen LogP contribution is -2.40. The number of unbranched alkanes of at least 4 members (excludes halogenated alkanes) is 9. The molecule has 0 saturated carbocycles. The molecule has 0 spiro atoms. The number of hydrogen-bond acceptors (Lipinski definition) is 5. The summed E-state index contributed by atoms with van der Waals surface area (Å²) in [6.07, 6.45) is 14.4. The van der Waals surface area contributed by atoms with E-state index < -0.39 is 15.0 Å². The van der Waals surface area contributed by atoms with Crippen molar-refractivity contribution in [1.29, 1.82) is 0 Å². The molecule has 1 heterocycles. The third kappa shape index (κ3) is 8.62. The molecule has 7 nitrogen and oxygen atoms in total. The van der Waals surface area contributed by atoms with Crippen LogP contribution in [0.25, 0.3) is 5.69 Å². The van der Waals surface area contributed by atoms with Crippen LogP contribution in [0.15, 0.2) is 51.5 Å². The molecule has 0 aliphatic heterocycles. The highest BCUT2D eigenvalue weighted by Crippen LogP contribution is 2.33. The van der Waals surface area contributed by atoms with Crippen LogP contribution in [0.5, 0.6) is 0 Å². The molecule has 218 valence electrons. The van der Waals surface area contributed by atoms with E-state index in [2.05, 4.69) is 29.3 Å². The Labute approximate surface area is 250 Å². The van der Waals surface area contributed by atoms with Gasteiger partial charge in [0.05, 0.1) is 20.6 Å². The first-order valence-corrected chi connectivity index (χ1v) is 16.2. The molecule has 0 amide bonds. The minimum Gasteiger partial charge on any atom is -0.744 e. The average Bonchev–Trinajstić information content (AvgIpc) is 3.12. The highest BCUT2D eigenvalue weighted by atomic mass is 35.5. The van der Waals surface area contributed by atoms with Crippen LogP contribution in [0.3, 0.4) is 0 Å². The molecule has 0 aliphatic carbocycles. The quantitative estimate of drug-likeness (QED) is 0.0746. The van der Waals surface area contributed by atoms with Gasteiger partial charge in [-0.05, 0) is 49.6 Å². The molecule has 3 aromatic rings. The molecule has 0 atom stereocenters. The van der Waals surface area contributed by atoms with Gasteiger partial charge in [0.1, 0.15) is 21.5 Å². The van der Waals surface area contributed by atoms with Crippen molar-refractivity contribution in [1.82, 2.24) is 4.68 Å². The van der Waals surface area contributed by atoms with Crippen molar-refractivity contribution in [3.05, 3.63) is 63.4 Å². The van der Waals surface area contributed by atoms with E-state index in [1.54, 1.807) is 4.68 Å². The normalized spacial score (nSPS) is 12.1. The van der Waals surface area contributed by atoms with Gasteiger partial charge in [-0.15, -0.1) is 14.5 Å². The maximum Gasteiger partial charge on any atom is 1.00 e. The molecule has 0 saturated heterocycles. The van der Waals surface area contributed by atoms with E-state index in [0.717, 1.165) is 29.6 Å². The van der Waals surface area contributed by atoms with Crippen LogP contribution >= 0.6 is 23.2 Å². The average molecular weight is 609 g/mol. The number of azo groups is 1. The highest BCUT2D eigenvalue weighted by Gasteiger charge is 2.26. The monoisotopic (exact) mass is 607 g/mol. The topological polar surface area (TPSA) is 90.7 Å². The zero-order valence-corrected chi connectivity index (χ0v) is 26.2. The molecule has 10 heteroatoms. The van der Waals surface area contributed by atoms with Gasteiger partial charge < -0.3 is 4.55 Å². The van der Waals surface area contributed by atoms with Crippen LogP contribution in [0.1, 0.15) is 89.5 Å². The Morgan fingerprint density at radius 1 is 0.875 bits per heavy atom. The molecule has 0 unspecified atom stereocenters. The molecule has 3 rings (SSSR count). The molecule has 0 aliphatic rings. The van der Waals surface area contributed by atoms with Crippen LogP contribution in [-0.4, -0.2) is 17.7 Å². The van der Waals surface area contributed by atoms with Crippen molar-refractivity contribution in [2.45, 2.75) is 96.3 Å². The summed E-state index contributed by atoms with van der Waals surface area (Å²) in [5.41, 5.74) is 4.71. The fourth-order valence-corrected chi connectivity index (χ4v) is 6.21. The number of aryl methyl sites for hydroxylation is 1. The summed E-state index contributed by atoms with van der Waals surface area (Å²) >= 11 is 12.5. The second-order valence-electron chi connectivity index (χ2n) is 10.3. The first kappa shape index (κ1) is 32.3. The maximum absolute atomic E-state index is 11.5. The molecule has 0 fully saturated rings. The Bertz CT molecular complexity index is 1420. The summed E-state index contributed by atoms with van der Waals surface area (Å²) in [6.45, 7) is 6.02. The third-order valence-corrected chi connectivity index (χ3v) is 8.91. The Kier molecular flexibility index (Phi) is 12.2. The summed E-state index contributed by atoms with van der Waals surface area (Å²) in [5, 5.41) is 8.84. The number of aromatic nitrogens is 2. The smallest absolute Gasteiger partial charge is 0.744 e. The van der Waals surface area contributed by atoms with Crippen molar-refractivity contribution in [3.8, 4) is 5.69 Å². The number of nitrogens with zero attached hydrogens (tertiary/aromatic N) is 4. The Hall–Kier alpha value is -2.26. The fourth-order valence-electron chi connectivity index (χ4n) is 4.90. The maximum atomic E-state index is 11.5. The molecule has 2 aromatic carbocycles. The Balaban J connectivity index is 0.00000588. The molecule has 40 heavy (non-hydrogen) atoms. The molecule has 0 bridgehead atoms. The molecular formula is C30H41Cl2N4O3S+. The van der Waals surface area contributed by atoms with Crippen molar-refractivity contribution in [3.63, 3.8) is 0 Å². The minimum absolute atomic E-state index is 0. The molecule has 0 N–H and O–H groups in total. The van der Waals surface area contributed by atoms with Crippen LogP contribution in [0.4, 0.5) is 11.4 Å². The molecule has 1 aromatic heterocycles. The lowest BCUT2D eigenvalue weighted by atomic mass is 10.0. The summed E-state index contributed by atoms with van der Waals surface area (Å²) in [5.74, 6) is 0. The number of benzene rings is 2. The van der Waals surface area contributed by atoms with Crippen LogP contribution in [0.2, 0.25) is 10.0 Å². The second-order valence-corrected chi connectivity index (χ2v) is 12.5. The van der Waals surface area contributed by atoms with Gasteiger partial charge in [-0.1, -0.05) is 100 Å². The van der Waals surface area contributed by atoms with E-state index >= 15 is 0 Å². The highest BCUT2D eigenvalue weighted by molar-refractivity contribution is 7.85. The summed E-state index contributed by atoms with van der Waals surface area (Å²) < 4.78 is 38.0. The van der Waals surface area contributed by atoms with Crippen LogP contribution in [-0.2, 0) is 23.6 Å². The summed E-state index contributed by atoms with van der Waals surface area (Å²) in [7, 11) is -2.92. The van der Waals surface area contributed by atoms with Gasteiger partial charge in [-0.2, -0.15) is 5.11 Å². The summed E-state index contributed by atoms with van der Waals surface area (Å²) in [4.78, 5) is -0.552. The lowest BCUT2D eigenvalue weighted by Gasteiger charge is -2.12. The van der Waals surface area contributed by atoms with Gasteiger partial charge in [-0.3, -0.25) is 0 Å². The fraction of sp³-hybridized carbons (Fsp3) is 0.500. The zero-order valence-electron chi connectivity index (χ0n) is 24.9. The number of halogens is 2. The van der Waals surface area contributed by atoms with Gasteiger partial charge in [0.15, 0.2) is 12.7 Å². The number of hydrogen-bond donors (Lipinski definition) is 0. The van der Waals surface area contributed by atoms with Gasteiger partial charge in [0.25, 0.3) is 0 Å². The minimum atomic E-state index is -4.75. The molecular weight excluding hydrogens is 567 g/mol. The van der Waals surface area contributed by atoms with E-state index in [0.29, 0.717) is 11.4 Å². The van der Waals surface area contributed by atoms with E-state index in [4.69, 9.17) is 23.2 Å². The van der Waals surface area contributed by atoms with Gasteiger partial charge >= 0.3 is 1.43 Å². The summed E-state index contributed by atoms with van der Waals surface area (Å²) in [6, 6.07) is 10.6. The SMILES string of the molecule is CCCCCCCCCCCCc1ccc(N=Nc2c(C)n(-c3cc(Cl)c(S(=O)(=O)[O-])cc3Cl)[n+](C)c2C)cc1.[H+]. The molecule has 0 radical (unpaired) electrons. The first-order chi connectivity index (χ1) is 19.0. The van der Waals surface area contributed by atoms with Gasteiger partial charge in [0.2, 0.25) is 5.69 Å². The van der Waals surface area contributed by atoms with Crippen LogP contribution < -0.4 is 4.68 Å². The van der Waals surface area contributed by atoms with Gasteiger partial charge in [0, 0.05) is 6.92 Å². The van der Waals surface area contributed by atoms with Crippen molar-refractivity contribution in [2.75, 3.05) is 0 Å². The second kappa shape index (κ2) is 15.1. The largest absolute Gasteiger partial charge is 1.00 e. The van der Waals surface area contributed by atoms with Crippen LogP contribution in [0, 0.1) is 13.8 Å². The van der Waals surface area contributed by atoms with E-state index in [9.17, 15) is 13.0 Å². The van der Waals surface area contributed by atoms with Crippen molar-refractivity contribution < 1.29 is 19.1 Å². The Morgan fingerprint density at radius 2 is 1.45 bits per heavy atom. The number of rotatable bonds is 15. The van der Waals surface area contributed by atoms with E-state index in [1.807, 2.05) is 37.7 Å². The lowest BCUT2D eigenvalue weighted by molar-refractivity contribution is -0.749. The van der Waals surface area contributed by atoms with Crippen molar-refractivity contribution >= 4 is 44.7 Å². The van der Waals surface area contributed by atoms with Crippen molar-refractivity contribution in [2.24, 2.45) is 17.3 Å². The van der Waals surface area contributed by atoms with Gasteiger partial charge in [-0.25, -0.2) is 8.42 Å². The van der Waals surface area contributed by atoms with E-state index in [-0.39, 0.29) is 11.5 Å². The van der Waals surface area contributed by atoms with E-state index in [1.165, 1.54) is 75.8 Å². The third-order valence-electron chi connectivity index (χ3n) is 7.31. The standard InChI is InChI=1S/C30H40Cl2N4O3S/c1-5-6-7-8-9-10-11-12-13-14-15-24-16-18-25(19-17-24)33-34-30-22(2)35(4)36(23(30)3)28-20-27(32)29(21-26(28)31)40(37,38)39/h16-21H,5-15H2,1-4H3/p+1. The predicted molar refractivity (Wildman–Crippen MR) is 162 cm³/mol. The zero-order chi connectivity index (χ0) is 29.3. The predicted octanol–water partition coefficient (Wildman–Crippen LogP) is 9.12. The first-order valence-electron chi connectivity index (χ1n) is 14.1. The Morgan fingerprint density at radius 3 is 2.02 bits per heavy atom.